The molecule has 118 valence electrons. The Hall–Kier alpha value is -2.49. The molecule has 2 aliphatic rings. The number of aryl methyl sites for hydroxylation is 1. The minimum atomic E-state index is 0.180. The maximum Gasteiger partial charge on any atom is 0.231 e. The van der Waals surface area contributed by atoms with Crippen LogP contribution in [0, 0.1) is 6.92 Å². The number of amides is 1. The van der Waals surface area contributed by atoms with E-state index in [0.717, 1.165) is 35.6 Å². The van der Waals surface area contributed by atoms with Crippen molar-refractivity contribution in [3.05, 3.63) is 58.7 Å². The minimum Gasteiger partial charge on any atom is -0.454 e. The van der Waals surface area contributed by atoms with E-state index >= 15 is 0 Å². The van der Waals surface area contributed by atoms with Crippen LogP contribution in [0.3, 0.4) is 0 Å². The number of carbonyl (C=O) groups is 1. The van der Waals surface area contributed by atoms with Crippen molar-refractivity contribution < 1.29 is 14.3 Å². The van der Waals surface area contributed by atoms with Crippen LogP contribution in [-0.2, 0) is 24.2 Å². The second kappa shape index (κ2) is 5.61. The molecule has 4 heteroatoms. The van der Waals surface area contributed by atoms with Gasteiger partial charge in [0.15, 0.2) is 11.5 Å². The zero-order valence-corrected chi connectivity index (χ0v) is 13.2. The lowest BCUT2D eigenvalue weighted by Crippen LogP contribution is -2.36. The molecule has 2 heterocycles. The molecule has 0 unspecified atom stereocenters. The van der Waals surface area contributed by atoms with E-state index < -0.39 is 0 Å². The third-order valence-corrected chi connectivity index (χ3v) is 4.50. The van der Waals surface area contributed by atoms with E-state index in [2.05, 4.69) is 12.1 Å². The highest BCUT2D eigenvalue weighted by molar-refractivity contribution is 5.79. The molecule has 23 heavy (non-hydrogen) atoms. The number of carbonyl (C=O) groups excluding carboxylic acids is 1. The highest BCUT2D eigenvalue weighted by Gasteiger charge is 2.24. The molecule has 0 N–H and O–H groups in total. The highest BCUT2D eigenvalue weighted by Crippen LogP contribution is 2.36. The monoisotopic (exact) mass is 309 g/mol. The number of fused-ring (bicyclic) bond motifs is 2. The molecule has 0 aliphatic carbocycles. The van der Waals surface area contributed by atoms with Crippen LogP contribution in [0.5, 0.6) is 11.5 Å². The van der Waals surface area contributed by atoms with Gasteiger partial charge in [-0.1, -0.05) is 29.8 Å². The Bertz CT molecular complexity index is 769. The molecule has 0 atom stereocenters. The maximum atomic E-state index is 12.6. The van der Waals surface area contributed by atoms with Crippen LogP contribution < -0.4 is 9.47 Å². The predicted molar refractivity (Wildman–Crippen MR) is 86.6 cm³/mol. The molecule has 0 saturated heterocycles. The number of rotatable bonds is 2. The Morgan fingerprint density at radius 1 is 1.13 bits per heavy atom. The zero-order chi connectivity index (χ0) is 15.8. The van der Waals surface area contributed by atoms with Crippen molar-refractivity contribution in [1.82, 2.24) is 4.90 Å². The summed E-state index contributed by atoms with van der Waals surface area (Å²) in [6, 6.07) is 12.2. The van der Waals surface area contributed by atoms with Gasteiger partial charge in [0.2, 0.25) is 12.7 Å². The number of hydrogen-bond acceptors (Lipinski definition) is 3. The number of hydrogen-bond donors (Lipinski definition) is 0. The lowest BCUT2D eigenvalue weighted by atomic mass is 9.98. The van der Waals surface area contributed by atoms with Crippen molar-refractivity contribution in [2.45, 2.75) is 26.3 Å². The topological polar surface area (TPSA) is 38.8 Å². The van der Waals surface area contributed by atoms with Crippen molar-refractivity contribution in [1.29, 1.82) is 0 Å². The van der Waals surface area contributed by atoms with E-state index in [-0.39, 0.29) is 12.7 Å². The van der Waals surface area contributed by atoms with Crippen molar-refractivity contribution in [3.8, 4) is 11.5 Å². The van der Waals surface area contributed by atoms with Crippen LogP contribution in [0.25, 0.3) is 0 Å². The van der Waals surface area contributed by atoms with Gasteiger partial charge in [-0.3, -0.25) is 4.79 Å². The zero-order valence-electron chi connectivity index (χ0n) is 13.2. The second-order valence-corrected chi connectivity index (χ2v) is 6.21. The molecule has 4 nitrogen and oxygen atoms in total. The Balaban J connectivity index is 1.50. The van der Waals surface area contributed by atoms with Crippen LogP contribution in [0.1, 0.15) is 22.3 Å². The minimum absolute atomic E-state index is 0.180. The van der Waals surface area contributed by atoms with Crippen LogP contribution >= 0.6 is 0 Å². The van der Waals surface area contributed by atoms with E-state index in [4.69, 9.17) is 9.47 Å². The summed E-state index contributed by atoms with van der Waals surface area (Å²) in [5, 5.41) is 0. The standard InChI is InChI=1S/C19H19NO3/c1-13-3-2-4-14(7-13)8-19(21)20-6-5-15-9-17-18(23-12-22-17)10-16(15)11-20/h2-4,7,9-10H,5-6,8,11-12H2,1H3. The molecule has 0 saturated carbocycles. The summed E-state index contributed by atoms with van der Waals surface area (Å²) in [6.45, 7) is 3.75. The van der Waals surface area contributed by atoms with Gasteiger partial charge in [0.05, 0.1) is 6.42 Å². The van der Waals surface area contributed by atoms with Crippen LogP contribution in [-0.4, -0.2) is 24.1 Å². The lowest BCUT2D eigenvalue weighted by Gasteiger charge is -2.29. The van der Waals surface area contributed by atoms with Gasteiger partial charge >= 0.3 is 0 Å². The quantitative estimate of drug-likeness (QED) is 0.856. The van der Waals surface area contributed by atoms with E-state index in [1.165, 1.54) is 11.1 Å². The summed E-state index contributed by atoms with van der Waals surface area (Å²) in [5.74, 6) is 1.79. The number of ether oxygens (including phenoxy) is 2. The van der Waals surface area contributed by atoms with Gasteiger partial charge in [-0.2, -0.15) is 0 Å². The smallest absolute Gasteiger partial charge is 0.231 e. The fraction of sp³-hybridized carbons (Fsp3) is 0.316. The van der Waals surface area contributed by atoms with Gasteiger partial charge in [-0.25, -0.2) is 0 Å². The van der Waals surface area contributed by atoms with E-state index in [9.17, 15) is 4.79 Å². The summed E-state index contributed by atoms with van der Waals surface area (Å²) >= 11 is 0. The van der Waals surface area contributed by atoms with Crippen molar-refractivity contribution in [3.63, 3.8) is 0 Å². The molecule has 0 spiro atoms. The van der Waals surface area contributed by atoms with Gasteiger partial charge in [-0.15, -0.1) is 0 Å². The molecule has 2 aromatic carbocycles. The molecule has 2 aliphatic heterocycles. The molecule has 0 fully saturated rings. The van der Waals surface area contributed by atoms with Gasteiger partial charge in [0.1, 0.15) is 0 Å². The largest absolute Gasteiger partial charge is 0.454 e. The Morgan fingerprint density at radius 2 is 1.91 bits per heavy atom. The normalized spacial score (nSPS) is 15.4. The van der Waals surface area contributed by atoms with E-state index in [1.54, 1.807) is 0 Å². The number of benzene rings is 2. The summed E-state index contributed by atoms with van der Waals surface area (Å²) < 4.78 is 10.9. The Labute approximate surface area is 135 Å². The average molecular weight is 309 g/mol. The Kier molecular flexibility index (Phi) is 3.45. The average Bonchev–Trinajstić information content (AvgIpc) is 2.99. The first-order chi connectivity index (χ1) is 11.2. The summed E-state index contributed by atoms with van der Waals surface area (Å²) in [5.41, 5.74) is 4.69. The molecule has 0 bridgehead atoms. The van der Waals surface area contributed by atoms with E-state index in [0.29, 0.717) is 13.0 Å². The maximum absolute atomic E-state index is 12.6. The highest BCUT2D eigenvalue weighted by atomic mass is 16.7. The first-order valence-corrected chi connectivity index (χ1v) is 7.94. The third kappa shape index (κ3) is 2.77. The van der Waals surface area contributed by atoms with Gasteiger partial charge < -0.3 is 14.4 Å². The summed E-state index contributed by atoms with van der Waals surface area (Å²) in [7, 11) is 0. The molecule has 2 aromatic rings. The van der Waals surface area contributed by atoms with Gasteiger partial charge in [0.25, 0.3) is 0 Å². The van der Waals surface area contributed by atoms with Crippen LogP contribution in [0.2, 0.25) is 0 Å². The molecular weight excluding hydrogens is 290 g/mol. The SMILES string of the molecule is Cc1cccc(CC(=O)N2CCc3cc4c(cc3C2)OCO4)c1. The van der Waals surface area contributed by atoms with E-state index in [1.807, 2.05) is 36.1 Å². The molecule has 0 radical (unpaired) electrons. The Morgan fingerprint density at radius 3 is 2.70 bits per heavy atom. The predicted octanol–water partition coefficient (Wildman–Crippen LogP) is 2.85. The second-order valence-electron chi connectivity index (χ2n) is 6.21. The first-order valence-electron chi connectivity index (χ1n) is 7.94. The summed E-state index contributed by atoms with van der Waals surface area (Å²) in [6.07, 6.45) is 1.33. The molecule has 4 rings (SSSR count). The van der Waals surface area contributed by atoms with Crippen molar-refractivity contribution >= 4 is 5.91 Å². The lowest BCUT2D eigenvalue weighted by molar-refractivity contribution is -0.131. The van der Waals surface area contributed by atoms with Crippen LogP contribution in [0.15, 0.2) is 36.4 Å². The molecule has 1 amide bonds. The van der Waals surface area contributed by atoms with Crippen molar-refractivity contribution in [2.24, 2.45) is 0 Å². The third-order valence-electron chi connectivity index (χ3n) is 4.50. The summed E-state index contributed by atoms with van der Waals surface area (Å²) in [4.78, 5) is 14.5. The van der Waals surface area contributed by atoms with Crippen LogP contribution in [0.4, 0.5) is 0 Å². The van der Waals surface area contributed by atoms with Gasteiger partial charge in [0, 0.05) is 13.1 Å². The van der Waals surface area contributed by atoms with Crippen molar-refractivity contribution in [2.75, 3.05) is 13.3 Å². The molecule has 0 aromatic heterocycles. The molecular formula is C19H19NO3. The number of nitrogens with zero attached hydrogens (tertiary/aromatic N) is 1. The first kappa shape index (κ1) is 14.1. The van der Waals surface area contributed by atoms with Gasteiger partial charge in [-0.05, 0) is 42.2 Å². The fourth-order valence-corrected chi connectivity index (χ4v) is 3.27. The fourth-order valence-electron chi connectivity index (χ4n) is 3.27.